The van der Waals surface area contributed by atoms with Crippen LogP contribution in [0.5, 0.6) is 0 Å². The molecule has 0 spiro atoms. The zero-order chi connectivity index (χ0) is 14.8. The second-order valence-electron chi connectivity index (χ2n) is 5.68. The van der Waals surface area contributed by atoms with E-state index >= 15 is 0 Å². The third-order valence-corrected chi connectivity index (χ3v) is 4.15. The SMILES string of the molecule is Cc1cc(C2CC(=O)NC2Cc2ccccc2)ccc1F. The number of nitrogens with one attached hydrogen (secondary N) is 1. The monoisotopic (exact) mass is 283 g/mol. The van der Waals surface area contributed by atoms with Crippen LogP contribution in [0.15, 0.2) is 48.5 Å². The lowest BCUT2D eigenvalue weighted by Gasteiger charge is -2.20. The number of halogens is 1. The molecule has 0 aromatic heterocycles. The van der Waals surface area contributed by atoms with E-state index in [1.807, 2.05) is 24.3 Å². The number of hydrogen-bond donors (Lipinski definition) is 1. The van der Waals surface area contributed by atoms with Gasteiger partial charge < -0.3 is 5.32 Å². The summed E-state index contributed by atoms with van der Waals surface area (Å²) in [6, 6.07) is 15.3. The molecule has 0 aliphatic carbocycles. The summed E-state index contributed by atoms with van der Waals surface area (Å²) in [5, 5.41) is 3.05. The fraction of sp³-hybridized carbons (Fsp3) is 0.278. The van der Waals surface area contributed by atoms with Crippen molar-refractivity contribution < 1.29 is 9.18 Å². The van der Waals surface area contributed by atoms with Crippen LogP contribution in [0.1, 0.15) is 29.0 Å². The fourth-order valence-electron chi connectivity index (χ4n) is 3.02. The molecular formula is C18H18FNO. The van der Waals surface area contributed by atoms with Crippen LogP contribution in [0.2, 0.25) is 0 Å². The number of hydrogen-bond acceptors (Lipinski definition) is 1. The molecule has 1 aliphatic rings. The number of carbonyl (C=O) groups is 1. The first kappa shape index (κ1) is 13.8. The Morgan fingerprint density at radius 3 is 2.67 bits per heavy atom. The maximum absolute atomic E-state index is 13.4. The zero-order valence-electron chi connectivity index (χ0n) is 12.0. The van der Waals surface area contributed by atoms with E-state index in [0.29, 0.717) is 12.0 Å². The van der Waals surface area contributed by atoms with Crippen LogP contribution in [-0.2, 0) is 11.2 Å². The highest BCUT2D eigenvalue weighted by Crippen LogP contribution is 2.31. The van der Waals surface area contributed by atoms with Crippen molar-refractivity contribution in [3.8, 4) is 0 Å². The minimum absolute atomic E-state index is 0.0721. The highest BCUT2D eigenvalue weighted by Gasteiger charge is 2.33. The van der Waals surface area contributed by atoms with Crippen molar-refractivity contribution in [3.63, 3.8) is 0 Å². The van der Waals surface area contributed by atoms with Gasteiger partial charge in [-0.15, -0.1) is 0 Å². The Morgan fingerprint density at radius 1 is 1.19 bits per heavy atom. The van der Waals surface area contributed by atoms with E-state index in [1.54, 1.807) is 13.0 Å². The molecular weight excluding hydrogens is 265 g/mol. The molecule has 1 N–H and O–H groups in total. The Morgan fingerprint density at radius 2 is 1.95 bits per heavy atom. The van der Waals surface area contributed by atoms with E-state index in [9.17, 15) is 9.18 Å². The lowest BCUT2D eigenvalue weighted by Crippen LogP contribution is -2.30. The van der Waals surface area contributed by atoms with Crippen molar-refractivity contribution in [1.29, 1.82) is 0 Å². The zero-order valence-corrected chi connectivity index (χ0v) is 12.0. The average Bonchev–Trinajstić information content (AvgIpc) is 2.84. The Bertz CT molecular complexity index is 654. The summed E-state index contributed by atoms with van der Waals surface area (Å²) in [6.45, 7) is 1.76. The lowest BCUT2D eigenvalue weighted by molar-refractivity contribution is -0.119. The van der Waals surface area contributed by atoms with Gasteiger partial charge in [-0.2, -0.15) is 0 Å². The standard InChI is InChI=1S/C18H18FNO/c1-12-9-14(7-8-16(12)19)15-11-18(21)20-17(15)10-13-5-3-2-4-6-13/h2-9,15,17H,10-11H2,1H3,(H,20,21). The molecule has 2 aromatic carbocycles. The van der Waals surface area contributed by atoms with E-state index < -0.39 is 0 Å². The summed E-state index contributed by atoms with van der Waals surface area (Å²) in [5.41, 5.74) is 2.87. The minimum atomic E-state index is -0.198. The summed E-state index contributed by atoms with van der Waals surface area (Å²) in [7, 11) is 0. The fourth-order valence-corrected chi connectivity index (χ4v) is 3.02. The van der Waals surface area contributed by atoms with E-state index in [4.69, 9.17) is 0 Å². The molecule has 1 aliphatic heterocycles. The van der Waals surface area contributed by atoms with Gasteiger partial charge in [-0.3, -0.25) is 4.79 Å². The molecule has 0 saturated carbocycles. The van der Waals surface area contributed by atoms with E-state index in [1.165, 1.54) is 11.6 Å². The van der Waals surface area contributed by atoms with E-state index in [-0.39, 0.29) is 23.7 Å². The number of amides is 1. The molecule has 2 nitrogen and oxygen atoms in total. The summed E-state index contributed by atoms with van der Waals surface area (Å²) >= 11 is 0. The van der Waals surface area contributed by atoms with Crippen LogP contribution in [0.4, 0.5) is 4.39 Å². The van der Waals surface area contributed by atoms with Crippen LogP contribution in [-0.4, -0.2) is 11.9 Å². The van der Waals surface area contributed by atoms with Gasteiger partial charge >= 0.3 is 0 Å². The lowest BCUT2D eigenvalue weighted by atomic mass is 9.87. The summed E-state index contributed by atoms with van der Waals surface area (Å²) < 4.78 is 13.4. The van der Waals surface area contributed by atoms with Crippen molar-refractivity contribution in [2.75, 3.05) is 0 Å². The minimum Gasteiger partial charge on any atom is -0.352 e. The Hall–Kier alpha value is -2.16. The van der Waals surface area contributed by atoms with Gasteiger partial charge in [-0.05, 0) is 36.1 Å². The van der Waals surface area contributed by atoms with E-state index in [0.717, 1.165) is 12.0 Å². The Labute approximate surface area is 124 Å². The first-order valence-corrected chi connectivity index (χ1v) is 7.23. The molecule has 3 rings (SSSR count). The predicted octanol–water partition coefficient (Wildman–Crippen LogP) is 3.35. The van der Waals surface area contributed by atoms with Crippen molar-refractivity contribution >= 4 is 5.91 Å². The van der Waals surface area contributed by atoms with E-state index in [2.05, 4.69) is 17.4 Å². The third kappa shape index (κ3) is 2.97. The molecule has 0 bridgehead atoms. The molecule has 1 heterocycles. The topological polar surface area (TPSA) is 29.1 Å². The quantitative estimate of drug-likeness (QED) is 0.919. The maximum Gasteiger partial charge on any atom is 0.220 e. The maximum atomic E-state index is 13.4. The van der Waals surface area contributed by atoms with Gasteiger partial charge in [0.2, 0.25) is 5.91 Å². The molecule has 1 saturated heterocycles. The second kappa shape index (κ2) is 5.68. The molecule has 1 fully saturated rings. The largest absolute Gasteiger partial charge is 0.352 e. The number of aryl methyl sites for hydroxylation is 1. The molecule has 108 valence electrons. The normalized spacial score (nSPS) is 21.3. The van der Waals surface area contributed by atoms with Crippen molar-refractivity contribution in [2.45, 2.75) is 31.7 Å². The molecule has 1 amide bonds. The number of carbonyl (C=O) groups excluding carboxylic acids is 1. The van der Waals surface area contributed by atoms with Crippen molar-refractivity contribution in [1.82, 2.24) is 5.32 Å². The molecule has 2 aromatic rings. The molecule has 2 unspecified atom stereocenters. The first-order valence-electron chi connectivity index (χ1n) is 7.23. The van der Waals surface area contributed by atoms with Crippen LogP contribution in [0.3, 0.4) is 0 Å². The third-order valence-electron chi connectivity index (χ3n) is 4.15. The average molecular weight is 283 g/mol. The smallest absolute Gasteiger partial charge is 0.220 e. The number of rotatable bonds is 3. The van der Waals surface area contributed by atoms with Gasteiger partial charge in [0.15, 0.2) is 0 Å². The summed E-state index contributed by atoms with van der Waals surface area (Å²) in [6.07, 6.45) is 1.27. The first-order chi connectivity index (χ1) is 10.1. The molecule has 3 heteroatoms. The second-order valence-corrected chi connectivity index (χ2v) is 5.68. The van der Waals surface area contributed by atoms with Gasteiger partial charge in [0, 0.05) is 18.4 Å². The van der Waals surface area contributed by atoms with Gasteiger partial charge in [0.1, 0.15) is 5.82 Å². The van der Waals surface area contributed by atoms with Crippen LogP contribution in [0, 0.1) is 12.7 Å². The van der Waals surface area contributed by atoms with Gasteiger partial charge in [-0.1, -0.05) is 42.5 Å². The van der Waals surface area contributed by atoms with Gasteiger partial charge in [0.25, 0.3) is 0 Å². The summed E-state index contributed by atoms with van der Waals surface area (Å²) in [4.78, 5) is 11.8. The highest BCUT2D eigenvalue weighted by atomic mass is 19.1. The number of benzene rings is 2. The highest BCUT2D eigenvalue weighted by molar-refractivity contribution is 5.80. The van der Waals surface area contributed by atoms with Crippen molar-refractivity contribution in [3.05, 3.63) is 71.0 Å². The van der Waals surface area contributed by atoms with Crippen LogP contribution < -0.4 is 5.32 Å². The van der Waals surface area contributed by atoms with Crippen LogP contribution >= 0.6 is 0 Å². The summed E-state index contributed by atoms with van der Waals surface area (Å²) in [5.74, 6) is -0.0180. The molecule has 21 heavy (non-hydrogen) atoms. The van der Waals surface area contributed by atoms with Crippen LogP contribution in [0.25, 0.3) is 0 Å². The Kier molecular flexibility index (Phi) is 3.74. The molecule has 2 atom stereocenters. The Balaban J connectivity index is 1.85. The predicted molar refractivity (Wildman–Crippen MR) is 80.6 cm³/mol. The molecule has 0 radical (unpaired) electrons. The van der Waals surface area contributed by atoms with Gasteiger partial charge in [-0.25, -0.2) is 4.39 Å². The van der Waals surface area contributed by atoms with Crippen molar-refractivity contribution in [2.24, 2.45) is 0 Å². The van der Waals surface area contributed by atoms with Gasteiger partial charge in [0.05, 0.1) is 0 Å².